The number of benzene rings is 2. The second kappa shape index (κ2) is 8.44. The number of aromatic hydroxyl groups is 2. The third-order valence-electron chi connectivity index (χ3n) is 3.90. The molecule has 2 rings (SSSR count). The summed E-state index contributed by atoms with van der Waals surface area (Å²) in [5, 5.41) is 28.7. The van der Waals surface area contributed by atoms with Gasteiger partial charge in [-0.2, -0.15) is 0 Å². The number of phenolic OH excluding ortho intramolecular Hbond substituents is 2. The highest BCUT2D eigenvalue weighted by Crippen LogP contribution is 2.25. The van der Waals surface area contributed by atoms with E-state index in [9.17, 15) is 15.3 Å². The van der Waals surface area contributed by atoms with Crippen LogP contribution in [0.1, 0.15) is 36.8 Å². The molecular weight excluding hydrogens is 276 g/mol. The van der Waals surface area contributed by atoms with Gasteiger partial charge >= 0.3 is 0 Å². The Balaban J connectivity index is 1.63. The first kappa shape index (κ1) is 16.4. The molecular formula is C19H24O3. The molecule has 0 saturated carbocycles. The highest BCUT2D eigenvalue weighted by Gasteiger charge is 2.06. The topological polar surface area (TPSA) is 60.7 Å². The number of rotatable bonds is 8. The number of aliphatic hydroxyl groups is 1. The van der Waals surface area contributed by atoms with Crippen molar-refractivity contribution >= 4 is 0 Å². The van der Waals surface area contributed by atoms with Crippen LogP contribution in [0, 0.1) is 0 Å². The highest BCUT2D eigenvalue weighted by molar-refractivity contribution is 5.40. The van der Waals surface area contributed by atoms with E-state index in [1.54, 1.807) is 12.1 Å². The molecule has 0 spiro atoms. The molecule has 2 aromatic carbocycles. The van der Waals surface area contributed by atoms with Gasteiger partial charge in [0.2, 0.25) is 0 Å². The molecule has 22 heavy (non-hydrogen) atoms. The zero-order chi connectivity index (χ0) is 15.8. The van der Waals surface area contributed by atoms with E-state index in [1.807, 2.05) is 6.07 Å². The van der Waals surface area contributed by atoms with E-state index in [1.165, 1.54) is 11.6 Å². The smallest absolute Gasteiger partial charge is 0.157 e. The van der Waals surface area contributed by atoms with Gasteiger partial charge in [0.05, 0.1) is 6.10 Å². The Morgan fingerprint density at radius 3 is 2.23 bits per heavy atom. The maximum atomic E-state index is 10.0. The molecule has 0 aromatic heterocycles. The standard InChI is InChI=1S/C19H24O3/c20-17(9-5-4-8-15-6-2-1-3-7-15)12-10-16-11-13-18(21)19(22)14-16/h1-3,6-7,11,13-14,17,20-22H,4-5,8-10,12H2. The largest absolute Gasteiger partial charge is 0.504 e. The van der Waals surface area contributed by atoms with Gasteiger partial charge in [-0.25, -0.2) is 0 Å². The van der Waals surface area contributed by atoms with Crippen molar-refractivity contribution in [3.63, 3.8) is 0 Å². The Morgan fingerprint density at radius 1 is 0.727 bits per heavy atom. The number of hydrogen-bond donors (Lipinski definition) is 3. The fourth-order valence-electron chi connectivity index (χ4n) is 2.56. The summed E-state index contributed by atoms with van der Waals surface area (Å²) in [5.41, 5.74) is 2.27. The Labute approximate surface area is 131 Å². The molecule has 0 aliphatic carbocycles. The van der Waals surface area contributed by atoms with Crippen molar-refractivity contribution in [1.82, 2.24) is 0 Å². The second-order valence-electron chi connectivity index (χ2n) is 5.75. The maximum absolute atomic E-state index is 10.0. The lowest BCUT2D eigenvalue weighted by Crippen LogP contribution is -2.08. The van der Waals surface area contributed by atoms with Crippen LogP contribution in [-0.2, 0) is 12.8 Å². The summed E-state index contributed by atoms with van der Waals surface area (Å²) < 4.78 is 0. The Bertz CT molecular complexity index is 566. The van der Waals surface area contributed by atoms with Gasteiger partial charge in [0.1, 0.15) is 0 Å². The SMILES string of the molecule is Oc1ccc(CCC(O)CCCCc2ccccc2)cc1O. The fourth-order valence-corrected chi connectivity index (χ4v) is 2.56. The lowest BCUT2D eigenvalue weighted by molar-refractivity contribution is 0.151. The number of unbranched alkanes of at least 4 members (excludes halogenated alkanes) is 1. The van der Waals surface area contributed by atoms with Gasteiger partial charge < -0.3 is 15.3 Å². The summed E-state index contributed by atoms with van der Waals surface area (Å²) >= 11 is 0. The molecule has 3 nitrogen and oxygen atoms in total. The molecule has 0 aliphatic rings. The first-order valence-corrected chi connectivity index (χ1v) is 7.88. The molecule has 0 saturated heterocycles. The predicted molar refractivity (Wildman–Crippen MR) is 88.1 cm³/mol. The van der Waals surface area contributed by atoms with E-state index < -0.39 is 0 Å². The van der Waals surface area contributed by atoms with E-state index in [0.717, 1.165) is 31.2 Å². The van der Waals surface area contributed by atoms with Crippen molar-refractivity contribution in [2.45, 2.75) is 44.6 Å². The zero-order valence-corrected chi connectivity index (χ0v) is 12.8. The van der Waals surface area contributed by atoms with Crippen molar-refractivity contribution in [3.8, 4) is 11.5 Å². The Hall–Kier alpha value is -2.00. The number of aryl methyl sites for hydroxylation is 2. The zero-order valence-electron chi connectivity index (χ0n) is 12.8. The first-order valence-electron chi connectivity index (χ1n) is 7.88. The van der Waals surface area contributed by atoms with Gasteiger partial charge in [0.25, 0.3) is 0 Å². The van der Waals surface area contributed by atoms with Crippen molar-refractivity contribution < 1.29 is 15.3 Å². The van der Waals surface area contributed by atoms with Crippen LogP contribution in [-0.4, -0.2) is 21.4 Å². The predicted octanol–water partition coefficient (Wildman–Crippen LogP) is 3.80. The monoisotopic (exact) mass is 300 g/mol. The summed E-state index contributed by atoms with van der Waals surface area (Å²) in [6, 6.07) is 15.2. The molecule has 1 atom stereocenters. The molecule has 3 N–H and O–H groups in total. The average molecular weight is 300 g/mol. The normalized spacial score (nSPS) is 12.2. The quantitative estimate of drug-likeness (QED) is 0.513. The molecule has 0 radical (unpaired) electrons. The summed E-state index contributed by atoms with van der Waals surface area (Å²) in [4.78, 5) is 0. The van der Waals surface area contributed by atoms with E-state index in [2.05, 4.69) is 24.3 Å². The lowest BCUT2D eigenvalue weighted by atomic mass is 10.0. The summed E-state index contributed by atoms with van der Waals surface area (Å²) in [6.07, 6.45) is 5.02. The van der Waals surface area contributed by atoms with Crippen molar-refractivity contribution in [1.29, 1.82) is 0 Å². The van der Waals surface area contributed by atoms with E-state index in [0.29, 0.717) is 12.8 Å². The highest BCUT2D eigenvalue weighted by atomic mass is 16.3. The average Bonchev–Trinajstić information content (AvgIpc) is 2.54. The van der Waals surface area contributed by atoms with Crippen LogP contribution in [0.3, 0.4) is 0 Å². The van der Waals surface area contributed by atoms with E-state index in [4.69, 9.17) is 0 Å². The Morgan fingerprint density at radius 2 is 1.50 bits per heavy atom. The maximum Gasteiger partial charge on any atom is 0.157 e. The van der Waals surface area contributed by atoms with Gasteiger partial charge in [-0.1, -0.05) is 42.8 Å². The molecule has 118 valence electrons. The van der Waals surface area contributed by atoms with Gasteiger partial charge in [-0.05, 0) is 55.4 Å². The van der Waals surface area contributed by atoms with E-state index >= 15 is 0 Å². The van der Waals surface area contributed by atoms with Gasteiger partial charge in [-0.15, -0.1) is 0 Å². The summed E-state index contributed by atoms with van der Waals surface area (Å²) in [6.45, 7) is 0. The Kier molecular flexibility index (Phi) is 6.28. The third kappa shape index (κ3) is 5.41. The van der Waals surface area contributed by atoms with Crippen LogP contribution in [0.5, 0.6) is 11.5 Å². The molecule has 0 fully saturated rings. The molecule has 0 bridgehead atoms. The second-order valence-corrected chi connectivity index (χ2v) is 5.75. The van der Waals surface area contributed by atoms with Gasteiger partial charge in [0.15, 0.2) is 11.5 Å². The third-order valence-corrected chi connectivity index (χ3v) is 3.90. The van der Waals surface area contributed by atoms with Crippen LogP contribution in [0.25, 0.3) is 0 Å². The minimum absolute atomic E-state index is 0.102. The molecule has 1 unspecified atom stereocenters. The summed E-state index contributed by atoms with van der Waals surface area (Å²) in [7, 11) is 0. The first-order chi connectivity index (χ1) is 10.6. The summed E-state index contributed by atoms with van der Waals surface area (Å²) in [5.74, 6) is -0.208. The molecule has 2 aromatic rings. The van der Waals surface area contributed by atoms with Crippen molar-refractivity contribution in [2.24, 2.45) is 0 Å². The van der Waals surface area contributed by atoms with Crippen LogP contribution in [0.2, 0.25) is 0 Å². The number of phenols is 2. The van der Waals surface area contributed by atoms with Crippen LogP contribution >= 0.6 is 0 Å². The van der Waals surface area contributed by atoms with Crippen molar-refractivity contribution in [3.05, 3.63) is 59.7 Å². The van der Waals surface area contributed by atoms with Gasteiger partial charge in [-0.3, -0.25) is 0 Å². The molecule has 0 aliphatic heterocycles. The molecule has 0 heterocycles. The van der Waals surface area contributed by atoms with Crippen LogP contribution < -0.4 is 0 Å². The number of hydrogen-bond acceptors (Lipinski definition) is 3. The fraction of sp³-hybridized carbons (Fsp3) is 0.368. The van der Waals surface area contributed by atoms with Crippen molar-refractivity contribution in [2.75, 3.05) is 0 Å². The van der Waals surface area contributed by atoms with Gasteiger partial charge in [0, 0.05) is 0 Å². The minimum atomic E-state index is -0.313. The molecule has 0 amide bonds. The van der Waals surface area contributed by atoms with Crippen LogP contribution in [0.4, 0.5) is 0 Å². The lowest BCUT2D eigenvalue weighted by Gasteiger charge is -2.11. The molecule has 3 heteroatoms. The number of aliphatic hydroxyl groups excluding tert-OH is 1. The van der Waals surface area contributed by atoms with Crippen LogP contribution in [0.15, 0.2) is 48.5 Å². The van der Waals surface area contributed by atoms with E-state index in [-0.39, 0.29) is 17.6 Å². The minimum Gasteiger partial charge on any atom is -0.504 e.